The van der Waals surface area contributed by atoms with Gasteiger partial charge in [0.15, 0.2) is 5.96 Å². The van der Waals surface area contributed by atoms with Gasteiger partial charge in [0.2, 0.25) is 0 Å². The number of aromatic nitrogens is 1. The first kappa shape index (κ1) is 18.4. The number of hydrogen-bond acceptors (Lipinski definition) is 4. The number of benzene rings is 1. The third-order valence-corrected chi connectivity index (χ3v) is 4.65. The lowest BCUT2D eigenvalue weighted by molar-refractivity contribution is 0.195. The second kappa shape index (κ2) is 10.1. The van der Waals surface area contributed by atoms with E-state index < -0.39 is 0 Å². The molecule has 1 aromatic carbocycles. The predicted molar refractivity (Wildman–Crippen MR) is 102 cm³/mol. The average Bonchev–Trinajstić information content (AvgIpc) is 2.98. The van der Waals surface area contributed by atoms with Crippen molar-refractivity contribution in [3.05, 3.63) is 40.9 Å². The highest BCUT2D eigenvalue weighted by Crippen LogP contribution is 2.28. The first-order valence-electron chi connectivity index (χ1n) is 8.27. The summed E-state index contributed by atoms with van der Waals surface area (Å²) < 4.78 is 5.07. The summed E-state index contributed by atoms with van der Waals surface area (Å²) in [5, 5.41) is 7.65. The van der Waals surface area contributed by atoms with Crippen molar-refractivity contribution < 1.29 is 4.74 Å². The molecule has 0 atom stereocenters. The minimum absolute atomic E-state index is 0.635. The molecule has 0 bridgehead atoms. The van der Waals surface area contributed by atoms with Crippen LogP contribution in [-0.2, 0) is 11.3 Å². The van der Waals surface area contributed by atoms with Gasteiger partial charge in [0.1, 0.15) is 5.01 Å². The number of thiazole rings is 1. The fourth-order valence-electron chi connectivity index (χ4n) is 2.19. The van der Waals surface area contributed by atoms with E-state index in [0.29, 0.717) is 6.54 Å². The Bertz CT molecular complexity index is 640. The van der Waals surface area contributed by atoms with Crippen LogP contribution in [-0.4, -0.2) is 37.7 Å². The number of ether oxygens (including phenoxy) is 1. The summed E-state index contributed by atoms with van der Waals surface area (Å²) in [4.78, 5) is 10.6. The summed E-state index contributed by atoms with van der Waals surface area (Å²) in [6.07, 6.45) is 0.957. The molecule has 2 aromatic rings. The summed E-state index contributed by atoms with van der Waals surface area (Å²) >= 11 is 1.71. The van der Waals surface area contributed by atoms with E-state index in [1.807, 2.05) is 25.1 Å². The van der Waals surface area contributed by atoms with Crippen LogP contribution >= 0.6 is 11.3 Å². The molecule has 1 aromatic heterocycles. The van der Waals surface area contributed by atoms with E-state index in [-0.39, 0.29) is 0 Å². The molecule has 1 heterocycles. The molecule has 0 unspecified atom stereocenters. The van der Waals surface area contributed by atoms with Gasteiger partial charge in [-0.25, -0.2) is 9.98 Å². The quantitative estimate of drug-likeness (QED) is 0.438. The number of hydrogen-bond donors (Lipinski definition) is 2. The Labute approximate surface area is 148 Å². The van der Waals surface area contributed by atoms with Crippen molar-refractivity contribution in [3.63, 3.8) is 0 Å². The molecule has 0 saturated heterocycles. The van der Waals surface area contributed by atoms with E-state index in [0.717, 1.165) is 48.3 Å². The molecule has 0 aliphatic heterocycles. The maximum Gasteiger partial charge on any atom is 0.191 e. The Hall–Kier alpha value is -1.92. The van der Waals surface area contributed by atoms with Crippen molar-refractivity contribution in [1.29, 1.82) is 0 Å². The third kappa shape index (κ3) is 5.62. The molecule has 2 N–H and O–H groups in total. The van der Waals surface area contributed by atoms with E-state index in [1.165, 1.54) is 4.88 Å². The molecule has 6 heteroatoms. The Morgan fingerprint density at radius 3 is 2.75 bits per heavy atom. The molecule has 5 nitrogen and oxygen atoms in total. The van der Waals surface area contributed by atoms with Crippen LogP contribution in [0.15, 0.2) is 35.3 Å². The standard InChI is InChI=1S/C18H26N4OS/c1-4-19-18(20-11-8-12-23-3)21-13-16-14(2)22-17(24-16)15-9-6-5-7-10-15/h5-7,9-10H,4,8,11-13H2,1-3H3,(H2,19,20,21). The summed E-state index contributed by atoms with van der Waals surface area (Å²) in [5.41, 5.74) is 2.21. The molecule has 0 spiro atoms. The van der Waals surface area contributed by atoms with Gasteiger partial charge in [0.25, 0.3) is 0 Å². The second-order valence-corrected chi connectivity index (χ2v) is 6.45. The smallest absolute Gasteiger partial charge is 0.191 e. The third-order valence-electron chi connectivity index (χ3n) is 3.46. The molecular formula is C18H26N4OS. The van der Waals surface area contributed by atoms with E-state index >= 15 is 0 Å². The molecule has 0 saturated carbocycles. The van der Waals surface area contributed by atoms with Gasteiger partial charge in [-0.05, 0) is 20.3 Å². The maximum atomic E-state index is 5.07. The van der Waals surface area contributed by atoms with Gasteiger partial charge in [-0.3, -0.25) is 0 Å². The largest absolute Gasteiger partial charge is 0.385 e. The summed E-state index contributed by atoms with van der Waals surface area (Å²) in [6.45, 7) is 7.19. The van der Waals surface area contributed by atoms with Crippen LogP contribution in [0.3, 0.4) is 0 Å². The topological polar surface area (TPSA) is 58.5 Å². The maximum absolute atomic E-state index is 5.07. The highest BCUT2D eigenvalue weighted by Gasteiger charge is 2.09. The van der Waals surface area contributed by atoms with E-state index in [2.05, 4.69) is 39.7 Å². The number of rotatable bonds is 8. The van der Waals surface area contributed by atoms with Crippen LogP contribution in [0.4, 0.5) is 0 Å². The molecule has 0 fully saturated rings. The van der Waals surface area contributed by atoms with Gasteiger partial charge in [0, 0.05) is 37.2 Å². The van der Waals surface area contributed by atoms with Gasteiger partial charge in [-0.15, -0.1) is 11.3 Å². The lowest BCUT2D eigenvalue weighted by atomic mass is 10.2. The van der Waals surface area contributed by atoms with Crippen LogP contribution in [0.25, 0.3) is 10.6 Å². The van der Waals surface area contributed by atoms with Crippen molar-refractivity contribution in [2.45, 2.75) is 26.8 Å². The van der Waals surface area contributed by atoms with Crippen molar-refractivity contribution >= 4 is 17.3 Å². The molecule has 2 rings (SSSR count). The minimum atomic E-state index is 0.635. The van der Waals surface area contributed by atoms with Crippen LogP contribution in [0.2, 0.25) is 0 Å². The summed E-state index contributed by atoms with van der Waals surface area (Å²) in [7, 11) is 1.72. The minimum Gasteiger partial charge on any atom is -0.385 e. The van der Waals surface area contributed by atoms with Crippen LogP contribution in [0.1, 0.15) is 23.9 Å². The normalized spacial score (nSPS) is 11.5. The highest BCUT2D eigenvalue weighted by molar-refractivity contribution is 7.15. The van der Waals surface area contributed by atoms with E-state index in [4.69, 9.17) is 4.74 Å². The average molecular weight is 347 g/mol. The monoisotopic (exact) mass is 346 g/mol. The molecule has 0 aliphatic rings. The highest BCUT2D eigenvalue weighted by atomic mass is 32.1. The van der Waals surface area contributed by atoms with Gasteiger partial charge in [0.05, 0.1) is 12.2 Å². The molecule has 0 radical (unpaired) electrons. The van der Waals surface area contributed by atoms with E-state index in [1.54, 1.807) is 18.4 Å². The van der Waals surface area contributed by atoms with Crippen molar-refractivity contribution in [2.75, 3.05) is 26.8 Å². The van der Waals surface area contributed by atoms with Crippen LogP contribution < -0.4 is 10.6 Å². The van der Waals surface area contributed by atoms with Crippen LogP contribution in [0.5, 0.6) is 0 Å². The summed E-state index contributed by atoms with van der Waals surface area (Å²) in [5.74, 6) is 0.836. The van der Waals surface area contributed by atoms with E-state index in [9.17, 15) is 0 Å². The van der Waals surface area contributed by atoms with Crippen molar-refractivity contribution in [2.24, 2.45) is 4.99 Å². The van der Waals surface area contributed by atoms with Crippen molar-refractivity contribution in [3.8, 4) is 10.6 Å². The fourth-order valence-corrected chi connectivity index (χ4v) is 3.19. The molecule has 0 amide bonds. The van der Waals surface area contributed by atoms with Gasteiger partial charge in [-0.2, -0.15) is 0 Å². The molecule has 24 heavy (non-hydrogen) atoms. The predicted octanol–water partition coefficient (Wildman–Crippen LogP) is 3.21. The zero-order valence-corrected chi connectivity index (χ0v) is 15.4. The number of aryl methyl sites for hydroxylation is 1. The van der Waals surface area contributed by atoms with Gasteiger partial charge >= 0.3 is 0 Å². The first-order valence-corrected chi connectivity index (χ1v) is 9.09. The zero-order valence-electron chi connectivity index (χ0n) is 14.6. The van der Waals surface area contributed by atoms with Gasteiger partial charge < -0.3 is 15.4 Å². The lowest BCUT2D eigenvalue weighted by Gasteiger charge is -2.10. The molecule has 130 valence electrons. The molecule has 0 aliphatic carbocycles. The zero-order chi connectivity index (χ0) is 17.2. The Morgan fingerprint density at radius 2 is 2.04 bits per heavy atom. The lowest BCUT2D eigenvalue weighted by Crippen LogP contribution is -2.38. The number of methoxy groups -OCH3 is 1. The fraction of sp³-hybridized carbons (Fsp3) is 0.444. The number of nitrogens with one attached hydrogen (secondary N) is 2. The second-order valence-electron chi connectivity index (χ2n) is 5.36. The Balaban J connectivity index is 2.01. The molecular weight excluding hydrogens is 320 g/mol. The SMILES string of the molecule is CCNC(=NCc1sc(-c2ccccc2)nc1C)NCCCOC. The summed E-state index contributed by atoms with van der Waals surface area (Å²) in [6, 6.07) is 10.3. The first-order chi connectivity index (χ1) is 11.7. The van der Waals surface area contributed by atoms with Crippen LogP contribution in [0, 0.1) is 6.92 Å². The van der Waals surface area contributed by atoms with Gasteiger partial charge in [-0.1, -0.05) is 30.3 Å². The van der Waals surface area contributed by atoms with Crippen molar-refractivity contribution in [1.82, 2.24) is 15.6 Å². The number of aliphatic imine (C=N–C) groups is 1. The Morgan fingerprint density at radius 1 is 1.25 bits per heavy atom. The Kier molecular flexibility index (Phi) is 7.71. The number of nitrogens with zero attached hydrogens (tertiary/aromatic N) is 2. The number of guanidine groups is 1.